The quantitative estimate of drug-likeness (QED) is 0.820. The first kappa shape index (κ1) is 18.7. The van der Waals surface area contributed by atoms with Gasteiger partial charge in [-0.15, -0.1) is 0 Å². The number of carbonyl (C=O) groups is 2. The minimum Gasteiger partial charge on any atom is -0.467 e. The van der Waals surface area contributed by atoms with E-state index >= 15 is 0 Å². The molecule has 0 radical (unpaired) electrons. The van der Waals surface area contributed by atoms with Crippen LogP contribution >= 0.6 is 11.6 Å². The summed E-state index contributed by atoms with van der Waals surface area (Å²) in [6.07, 6.45) is 3.63. The van der Waals surface area contributed by atoms with Crippen molar-refractivity contribution < 1.29 is 18.7 Å². The van der Waals surface area contributed by atoms with Crippen LogP contribution in [0.5, 0.6) is 0 Å². The average molecular weight is 356 g/mol. The molecule has 0 saturated heterocycles. The standard InChI is InChI=1S/C18H23ClFNO3/c1-3-12-7-9-18(10-8-12,17(23)24-2)21-16(22)11-13-14(19)5-4-6-15(13)20/h4-6,12H,3,7-11H2,1-2H3,(H,21,22). The Morgan fingerprint density at radius 2 is 2.04 bits per heavy atom. The second-order valence-electron chi connectivity index (χ2n) is 6.35. The van der Waals surface area contributed by atoms with Crippen LogP contribution in [0.3, 0.4) is 0 Å². The van der Waals surface area contributed by atoms with Crippen LogP contribution in [0.4, 0.5) is 4.39 Å². The van der Waals surface area contributed by atoms with Crippen LogP contribution in [-0.2, 0) is 20.7 Å². The van der Waals surface area contributed by atoms with Gasteiger partial charge in [-0.25, -0.2) is 9.18 Å². The number of carbonyl (C=O) groups excluding carboxylic acids is 2. The van der Waals surface area contributed by atoms with Gasteiger partial charge in [-0.2, -0.15) is 0 Å². The van der Waals surface area contributed by atoms with Gasteiger partial charge in [-0.1, -0.05) is 31.0 Å². The van der Waals surface area contributed by atoms with Gasteiger partial charge < -0.3 is 10.1 Å². The van der Waals surface area contributed by atoms with Gasteiger partial charge in [0.25, 0.3) is 0 Å². The second-order valence-corrected chi connectivity index (χ2v) is 6.76. The predicted molar refractivity (Wildman–Crippen MR) is 90.3 cm³/mol. The number of rotatable bonds is 5. The largest absolute Gasteiger partial charge is 0.467 e. The Morgan fingerprint density at radius 1 is 1.38 bits per heavy atom. The third-order valence-electron chi connectivity index (χ3n) is 4.89. The fourth-order valence-corrected chi connectivity index (χ4v) is 3.56. The number of halogens is 2. The number of methoxy groups -OCH3 is 1. The summed E-state index contributed by atoms with van der Waals surface area (Å²) in [6.45, 7) is 2.12. The Bertz CT molecular complexity index is 592. The normalized spacial score (nSPS) is 23.6. The van der Waals surface area contributed by atoms with Crippen LogP contribution in [0.25, 0.3) is 0 Å². The van der Waals surface area contributed by atoms with E-state index in [-0.39, 0.29) is 17.0 Å². The first-order valence-electron chi connectivity index (χ1n) is 8.24. The zero-order valence-electron chi connectivity index (χ0n) is 14.0. The average Bonchev–Trinajstić information content (AvgIpc) is 2.58. The highest BCUT2D eigenvalue weighted by molar-refractivity contribution is 6.31. The Kier molecular flexibility index (Phi) is 6.21. The molecule has 0 bridgehead atoms. The molecular formula is C18H23ClFNO3. The summed E-state index contributed by atoms with van der Waals surface area (Å²) >= 11 is 5.97. The predicted octanol–water partition coefficient (Wildman–Crippen LogP) is 3.65. The molecule has 0 unspecified atom stereocenters. The zero-order chi connectivity index (χ0) is 17.7. The fourth-order valence-electron chi connectivity index (χ4n) is 3.33. The van der Waals surface area contributed by atoms with Gasteiger partial charge in [-0.05, 0) is 43.7 Å². The lowest BCUT2D eigenvalue weighted by Gasteiger charge is -2.38. The van der Waals surface area contributed by atoms with Gasteiger partial charge in [0.05, 0.1) is 13.5 Å². The van der Waals surface area contributed by atoms with E-state index in [2.05, 4.69) is 12.2 Å². The summed E-state index contributed by atoms with van der Waals surface area (Å²) < 4.78 is 18.8. The maximum Gasteiger partial charge on any atom is 0.331 e. The molecule has 1 aliphatic carbocycles. The van der Waals surface area contributed by atoms with E-state index in [0.717, 1.165) is 19.3 Å². The van der Waals surface area contributed by atoms with E-state index in [0.29, 0.717) is 18.8 Å². The number of hydrogen-bond donors (Lipinski definition) is 1. The molecule has 0 heterocycles. The molecule has 1 N–H and O–H groups in total. The highest BCUT2D eigenvalue weighted by Gasteiger charge is 2.43. The van der Waals surface area contributed by atoms with Gasteiger partial charge in [0, 0.05) is 10.6 Å². The number of nitrogens with one attached hydrogen (secondary N) is 1. The van der Waals surface area contributed by atoms with E-state index in [9.17, 15) is 14.0 Å². The van der Waals surface area contributed by atoms with Gasteiger partial charge in [0.15, 0.2) is 0 Å². The Labute approximate surface area is 146 Å². The van der Waals surface area contributed by atoms with E-state index in [1.807, 2.05) is 0 Å². The molecule has 0 atom stereocenters. The maximum absolute atomic E-state index is 13.9. The van der Waals surface area contributed by atoms with Crippen molar-refractivity contribution >= 4 is 23.5 Å². The molecule has 0 spiro atoms. The molecule has 24 heavy (non-hydrogen) atoms. The van der Waals surface area contributed by atoms with Crippen molar-refractivity contribution in [2.75, 3.05) is 7.11 Å². The van der Waals surface area contributed by atoms with Crippen molar-refractivity contribution in [3.8, 4) is 0 Å². The minimum atomic E-state index is -1.02. The lowest BCUT2D eigenvalue weighted by Crippen LogP contribution is -2.57. The molecule has 1 aliphatic rings. The minimum absolute atomic E-state index is 0.138. The SMILES string of the molecule is CCC1CCC(NC(=O)Cc2c(F)cccc2Cl)(C(=O)OC)CC1. The highest BCUT2D eigenvalue weighted by Crippen LogP contribution is 2.34. The van der Waals surface area contributed by atoms with E-state index in [1.165, 1.54) is 25.3 Å². The van der Waals surface area contributed by atoms with Crippen LogP contribution in [0.15, 0.2) is 18.2 Å². The first-order valence-corrected chi connectivity index (χ1v) is 8.62. The molecule has 1 aromatic carbocycles. The van der Waals surface area contributed by atoms with Crippen molar-refractivity contribution in [1.82, 2.24) is 5.32 Å². The van der Waals surface area contributed by atoms with Gasteiger partial charge >= 0.3 is 5.97 Å². The molecular weight excluding hydrogens is 333 g/mol. The van der Waals surface area contributed by atoms with E-state index < -0.39 is 23.2 Å². The van der Waals surface area contributed by atoms with Crippen LogP contribution < -0.4 is 5.32 Å². The van der Waals surface area contributed by atoms with Gasteiger partial charge in [0.1, 0.15) is 11.4 Å². The van der Waals surface area contributed by atoms with E-state index in [1.54, 1.807) is 0 Å². The lowest BCUT2D eigenvalue weighted by atomic mass is 9.75. The molecule has 6 heteroatoms. The molecule has 0 aromatic heterocycles. The Hall–Kier alpha value is -1.62. The Morgan fingerprint density at radius 3 is 2.58 bits per heavy atom. The van der Waals surface area contributed by atoms with Crippen LogP contribution in [0.2, 0.25) is 5.02 Å². The van der Waals surface area contributed by atoms with Crippen LogP contribution in [-0.4, -0.2) is 24.5 Å². The van der Waals surface area contributed by atoms with Gasteiger partial charge in [-0.3, -0.25) is 4.79 Å². The monoisotopic (exact) mass is 355 g/mol. The summed E-state index contributed by atoms with van der Waals surface area (Å²) in [6, 6.07) is 4.29. The molecule has 4 nitrogen and oxygen atoms in total. The smallest absolute Gasteiger partial charge is 0.331 e. The topological polar surface area (TPSA) is 55.4 Å². The summed E-state index contributed by atoms with van der Waals surface area (Å²) in [5, 5.41) is 2.99. The number of benzene rings is 1. The van der Waals surface area contributed by atoms with Gasteiger partial charge in [0.2, 0.25) is 5.91 Å². The summed E-state index contributed by atoms with van der Waals surface area (Å²) in [5.41, 5.74) is -0.881. The fraction of sp³-hybridized carbons (Fsp3) is 0.556. The molecule has 1 aromatic rings. The van der Waals surface area contributed by atoms with Crippen molar-refractivity contribution in [1.29, 1.82) is 0 Å². The molecule has 1 saturated carbocycles. The van der Waals surface area contributed by atoms with Crippen molar-refractivity contribution in [2.45, 2.75) is 51.0 Å². The van der Waals surface area contributed by atoms with Crippen LogP contribution in [0.1, 0.15) is 44.6 Å². The van der Waals surface area contributed by atoms with Crippen molar-refractivity contribution in [3.63, 3.8) is 0 Å². The molecule has 1 fully saturated rings. The molecule has 1 amide bonds. The Balaban J connectivity index is 2.12. The third kappa shape index (κ3) is 4.07. The summed E-state index contributed by atoms with van der Waals surface area (Å²) in [7, 11) is 1.32. The number of hydrogen-bond acceptors (Lipinski definition) is 3. The maximum atomic E-state index is 13.9. The number of ether oxygens (including phenoxy) is 1. The zero-order valence-corrected chi connectivity index (χ0v) is 14.8. The van der Waals surface area contributed by atoms with Crippen LogP contribution in [0, 0.1) is 11.7 Å². The summed E-state index contributed by atoms with van der Waals surface area (Å²) in [4.78, 5) is 24.7. The first-order chi connectivity index (χ1) is 11.4. The highest BCUT2D eigenvalue weighted by atomic mass is 35.5. The molecule has 132 valence electrons. The number of amides is 1. The molecule has 2 rings (SSSR count). The van der Waals surface area contributed by atoms with Crippen molar-refractivity contribution in [2.24, 2.45) is 5.92 Å². The lowest BCUT2D eigenvalue weighted by molar-refractivity contribution is -0.153. The molecule has 0 aliphatic heterocycles. The van der Waals surface area contributed by atoms with Crippen molar-refractivity contribution in [3.05, 3.63) is 34.6 Å². The summed E-state index contributed by atoms with van der Waals surface area (Å²) in [5.74, 6) is -0.840. The van der Waals surface area contributed by atoms with E-state index in [4.69, 9.17) is 16.3 Å². The number of esters is 1. The second kappa shape index (κ2) is 7.97. The third-order valence-corrected chi connectivity index (χ3v) is 5.24.